The van der Waals surface area contributed by atoms with Gasteiger partial charge in [0, 0.05) is 5.02 Å². The first-order valence-corrected chi connectivity index (χ1v) is 8.17. The minimum atomic E-state index is -0.572. The summed E-state index contributed by atoms with van der Waals surface area (Å²) in [6.45, 7) is 0. The molecule has 2 N–H and O–H groups in total. The molecule has 0 spiro atoms. The van der Waals surface area contributed by atoms with Crippen LogP contribution in [-0.4, -0.2) is 22.9 Å². The lowest BCUT2D eigenvalue weighted by Gasteiger charge is -2.16. The van der Waals surface area contributed by atoms with Gasteiger partial charge in [-0.3, -0.25) is 20.2 Å². The van der Waals surface area contributed by atoms with Crippen LogP contribution in [0.25, 0.3) is 6.08 Å². The van der Waals surface area contributed by atoms with Gasteiger partial charge in [0.05, 0.1) is 5.56 Å². The highest BCUT2D eigenvalue weighted by Gasteiger charge is 2.25. The van der Waals surface area contributed by atoms with E-state index < -0.39 is 17.8 Å². The van der Waals surface area contributed by atoms with Crippen LogP contribution in [-0.2, 0) is 9.59 Å². The number of esters is 1. The van der Waals surface area contributed by atoms with E-state index in [0.29, 0.717) is 21.9 Å². The molecule has 0 bridgehead atoms. The van der Waals surface area contributed by atoms with Crippen molar-refractivity contribution in [1.29, 1.82) is 0 Å². The number of rotatable bonds is 3. The van der Waals surface area contributed by atoms with E-state index in [9.17, 15) is 14.4 Å². The molecule has 26 heavy (non-hydrogen) atoms. The molecule has 8 heteroatoms. The standard InChI is InChI=1S/C18H11ClN2O4S/c19-12-5-3-11(4-6-12)17(24)25-13-7-1-10(2-8-13)9-14-15(22)20-18(26)21-16(14)23/h1-9H,(H2,20,21,22,23,26). The summed E-state index contributed by atoms with van der Waals surface area (Å²) in [6.07, 6.45) is 1.41. The van der Waals surface area contributed by atoms with Crippen LogP contribution in [0, 0.1) is 0 Å². The topological polar surface area (TPSA) is 84.5 Å². The van der Waals surface area contributed by atoms with Crippen molar-refractivity contribution < 1.29 is 19.1 Å². The van der Waals surface area contributed by atoms with Gasteiger partial charge in [-0.15, -0.1) is 0 Å². The molecule has 2 aromatic carbocycles. The van der Waals surface area contributed by atoms with E-state index in [-0.39, 0.29) is 10.7 Å². The molecule has 0 radical (unpaired) electrons. The Kier molecular flexibility index (Phi) is 5.11. The van der Waals surface area contributed by atoms with Crippen LogP contribution in [0.2, 0.25) is 5.02 Å². The summed E-state index contributed by atoms with van der Waals surface area (Å²) in [5.41, 5.74) is 0.890. The van der Waals surface area contributed by atoms with Crippen LogP contribution in [0.1, 0.15) is 15.9 Å². The van der Waals surface area contributed by atoms with E-state index in [2.05, 4.69) is 10.6 Å². The number of carbonyl (C=O) groups excluding carboxylic acids is 3. The smallest absolute Gasteiger partial charge is 0.343 e. The maximum Gasteiger partial charge on any atom is 0.343 e. The van der Waals surface area contributed by atoms with Crippen molar-refractivity contribution in [3.8, 4) is 5.75 Å². The quantitative estimate of drug-likeness (QED) is 0.278. The number of ether oxygens (including phenoxy) is 1. The van der Waals surface area contributed by atoms with E-state index >= 15 is 0 Å². The van der Waals surface area contributed by atoms with Crippen LogP contribution in [0.4, 0.5) is 0 Å². The van der Waals surface area contributed by atoms with Gasteiger partial charge in [-0.05, 0) is 60.3 Å². The number of thiocarbonyl (C=S) groups is 1. The molecule has 2 amide bonds. The molecule has 2 aromatic rings. The molecule has 3 rings (SSSR count). The van der Waals surface area contributed by atoms with Gasteiger partial charge in [0.2, 0.25) is 0 Å². The minimum Gasteiger partial charge on any atom is -0.423 e. The van der Waals surface area contributed by atoms with Gasteiger partial charge in [-0.1, -0.05) is 23.7 Å². The molecule has 1 aliphatic rings. The lowest BCUT2D eigenvalue weighted by atomic mass is 10.1. The van der Waals surface area contributed by atoms with Crippen LogP contribution < -0.4 is 15.4 Å². The molecule has 0 saturated carbocycles. The van der Waals surface area contributed by atoms with E-state index in [4.69, 9.17) is 28.6 Å². The maximum atomic E-state index is 12.0. The number of amides is 2. The molecular weight excluding hydrogens is 376 g/mol. The summed E-state index contributed by atoms with van der Waals surface area (Å²) in [5, 5.41) is 5.20. The van der Waals surface area contributed by atoms with Gasteiger partial charge >= 0.3 is 5.97 Å². The number of hydrogen-bond acceptors (Lipinski definition) is 5. The van der Waals surface area contributed by atoms with Gasteiger partial charge in [0.15, 0.2) is 5.11 Å². The predicted molar refractivity (Wildman–Crippen MR) is 99.7 cm³/mol. The maximum absolute atomic E-state index is 12.0. The third-order valence-corrected chi connectivity index (χ3v) is 3.88. The summed E-state index contributed by atoms with van der Waals surface area (Å²) in [7, 11) is 0. The Bertz CT molecular complexity index is 915. The fraction of sp³-hybridized carbons (Fsp3) is 0. The molecule has 0 atom stereocenters. The molecule has 1 fully saturated rings. The lowest BCUT2D eigenvalue weighted by molar-refractivity contribution is -0.123. The normalized spacial score (nSPS) is 13.7. The Morgan fingerprint density at radius 2 is 1.54 bits per heavy atom. The highest BCUT2D eigenvalue weighted by molar-refractivity contribution is 7.80. The second-order valence-electron chi connectivity index (χ2n) is 5.26. The van der Waals surface area contributed by atoms with Gasteiger partial charge in [-0.25, -0.2) is 4.79 Å². The zero-order chi connectivity index (χ0) is 18.7. The summed E-state index contributed by atoms with van der Waals surface area (Å²) in [5.74, 6) is -1.34. The first-order valence-electron chi connectivity index (χ1n) is 7.38. The van der Waals surface area contributed by atoms with Gasteiger partial charge in [-0.2, -0.15) is 0 Å². The number of benzene rings is 2. The third kappa shape index (κ3) is 4.14. The first kappa shape index (κ1) is 17.8. The molecule has 0 aromatic heterocycles. The van der Waals surface area contributed by atoms with E-state index in [1.165, 1.54) is 6.08 Å². The largest absolute Gasteiger partial charge is 0.423 e. The molecule has 6 nitrogen and oxygen atoms in total. The SMILES string of the molecule is O=C1NC(=S)NC(=O)C1=Cc1ccc(OC(=O)c2ccc(Cl)cc2)cc1. The van der Waals surface area contributed by atoms with Crippen molar-refractivity contribution in [1.82, 2.24) is 10.6 Å². The fourth-order valence-electron chi connectivity index (χ4n) is 2.16. The Morgan fingerprint density at radius 1 is 0.962 bits per heavy atom. The predicted octanol–water partition coefficient (Wildman–Crippen LogP) is 2.47. The highest BCUT2D eigenvalue weighted by Crippen LogP contribution is 2.18. The zero-order valence-corrected chi connectivity index (χ0v) is 14.7. The summed E-state index contributed by atoms with van der Waals surface area (Å²) < 4.78 is 5.26. The molecule has 1 heterocycles. The van der Waals surface area contributed by atoms with Crippen LogP contribution in [0.3, 0.4) is 0 Å². The molecular formula is C18H11ClN2O4S. The van der Waals surface area contributed by atoms with Crippen LogP contribution in [0.5, 0.6) is 5.75 Å². The molecule has 0 unspecified atom stereocenters. The van der Waals surface area contributed by atoms with Gasteiger partial charge in [0.25, 0.3) is 11.8 Å². The van der Waals surface area contributed by atoms with Crippen molar-refractivity contribution in [2.45, 2.75) is 0 Å². The number of nitrogens with one attached hydrogen (secondary N) is 2. The third-order valence-electron chi connectivity index (χ3n) is 3.42. The molecule has 0 aliphatic carbocycles. The van der Waals surface area contributed by atoms with Crippen molar-refractivity contribution in [3.05, 3.63) is 70.3 Å². The van der Waals surface area contributed by atoms with Gasteiger partial charge in [0.1, 0.15) is 11.3 Å². The van der Waals surface area contributed by atoms with Crippen molar-refractivity contribution >= 4 is 52.8 Å². The Balaban J connectivity index is 1.72. The lowest BCUT2D eigenvalue weighted by Crippen LogP contribution is -2.51. The monoisotopic (exact) mass is 386 g/mol. The number of carbonyl (C=O) groups is 3. The summed E-state index contributed by atoms with van der Waals surface area (Å²) >= 11 is 10.5. The number of hydrogen-bond donors (Lipinski definition) is 2. The second kappa shape index (κ2) is 7.47. The number of halogens is 1. The minimum absolute atomic E-state index is 0.0263. The Hall–Kier alpha value is -3.03. The van der Waals surface area contributed by atoms with Crippen molar-refractivity contribution in [2.75, 3.05) is 0 Å². The average molecular weight is 387 g/mol. The van der Waals surface area contributed by atoms with E-state index in [1.54, 1.807) is 48.5 Å². The zero-order valence-electron chi connectivity index (χ0n) is 13.1. The summed E-state index contributed by atoms with van der Waals surface area (Å²) in [6, 6.07) is 12.7. The Morgan fingerprint density at radius 3 is 2.12 bits per heavy atom. The Labute approximate surface area is 158 Å². The van der Waals surface area contributed by atoms with Crippen LogP contribution >= 0.6 is 23.8 Å². The first-order chi connectivity index (χ1) is 12.4. The molecule has 1 aliphatic heterocycles. The van der Waals surface area contributed by atoms with E-state index in [0.717, 1.165) is 0 Å². The van der Waals surface area contributed by atoms with E-state index in [1.807, 2.05) is 0 Å². The summed E-state index contributed by atoms with van der Waals surface area (Å²) in [4.78, 5) is 35.7. The van der Waals surface area contributed by atoms with Crippen LogP contribution in [0.15, 0.2) is 54.1 Å². The molecule has 130 valence electrons. The second-order valence-corrected chi connectivity index (χ2v) is 6.11. The highest BCUT2D eigenvalue weighted by atomic mass is 35.5. The molecule has 1 saturated heterocycles. The van der Waals surface area contributed by atoms with Gasteiger partial charge < -0.3 is 4.74 Å². The average Bonchev–Trinajstić information content (AvgIpc) is 2.60. The fourth-order valence-corrected chi connectivity index (χ4v) is 2.47. The van der Waals surface area contributed by atoms with Crippen molar-refractivity contribution in [3.63, 3.8) is 0 Å². The van der Waals surface area contributed by atoms with Crippen molar-refractivity contribution in [2.24, 2.45) is 0 Å².